The zero-order valence-corrected chi connectivity index (χ0v) is 23.0. The van der Waals surface area contributed by atoms with Crippen LogP contribution in [0.2, 0.25) is 0 Å². The maximum atomic E-state index is 12.4. The summed E-state index contributed by atoms with van der Waals surface area (Å²) < 4.78 is 25.8. The molecule has 3 aliphatic rings. The average Bonchev–Trinajstić information content (AvgIpc) is 3.24. The number of carbonyl (C=O) groups excluding carboxylic acids is 5. The zero-order chi connectivity index (χ0) is 28.4. The average molecular weight is 544 g/mol. The summed E-state index contributed by atoms with van der Waals surface area (Å²) in [5.74, 6) is -1.33. The van der Waals surface area contributed by atoms with E-state index in [0.717, 1.165) is 6.54 Å². The SMILES string of the molecule is COC(=O)CCC1(C(=O)OC)COCCN(C(=O)OC(C)(C)C)C1.O=C1CCC2(CNCCOC2)C(=O)N1. The molecule has 3 aliphatic heterocycles. The van der Waals surface area contributed by atoms with Gasteiger partial charge in [0, 0.05) is 39.0 Å². The van der Waals surface area contributed by atoms with Gasteiger partial charge in [-0.2, -0.15) is 0 Å². The molecule has 38 heavy (non-hydrogen) atoms. The number of rotatable bonds is 4. The quantitative estimate of drug-likeness (QED) is 0.287. The van der Waals surface area contributed by atoms with Crippen LogP contribution in [0.1, 0.15) is 46.5 Å². The highest BCUT2D eigenvalue weighted by Gasteiger charge is 2.45. The summed E-state index contributed by atoms with van der Waals surface area (Å²) in [6, 6.07) is 0. The first kappa shape index (κ1) is 31.4. The molecule has 3 saturated heterocycles. The Morgan fingerprint density at radius 1 is 1.05 bits per heavy atom. The zero-order valence-electron chi connectivity index (χ0n) is 23.0. The van der Waals surface area contributed by atoms with Gasteiger partial charge in [0.05, 0.1) is 46.1 Å². The van der Waals surface area contributed by atoms with E-state index in [4.69, 9.17) is 18.9 Å². The van der Waals surface area contributed by atoms with E-state index in [9.17, 15) is 24.0 Å². The van der Waals surface area contributed by atoms with Gasteiger partial charge in [-0.3, -0.25) is 24.5 Å². The molecule has 0 radical (unpaired) electrons. The molecule has 3 amide bonds. The number of esters is 2. The number of hydrogen-bond donors (Lipinski definition) is 2. The van der Waals surface area contributed by atoms with Crippen LogP contribution < -0.4 is 10.6 Å². The molecule has 2 atom stereocenters. The molecule has 3 heterocycles. The van der Waals surface area contributed by atoms with Crippen LogP contribution in [0.25, 0.3) is 0 Å². The largest absolute Gasteiger partial charge is 0.469 e. The summed E-state index contributed by atoms with van der Waals surface area (Å²) in [4.78, 5) is 60.3. The van der Waals surface area contributed by atoms with Crippen molar-refractivity contribution in [3.63, 3.8) is 0 Å². The van der Waals surface area contributed by atoms with Crippen molar-refractivity contribution in [3.05, 3.63) is 0 Å². The molecule has 0 aromatic carbocycles. The minimum Gasteiger partial charge on any atom is -0.469 e. The Kier molecular flexibility index (Phi) is 11.5. The van der Waals surface area contributed by atoms with Gasteiger partial charge in [0.15, 0.2) is 0 Å². The van der Waals surface area contributed by atoms with Crippen molar-refractivity contribution in [3.8, 4) is 0 Å². The van der Waals surface area contributed by atoms with E-state index in [2.05, 4.69) is 15.4 Å². The van der Waals surface area contributed by atoms with E-state index in [0.29, 0.717) is 39.1 Å². The number of ether oxygens (including phenoxy) is 5. The Morgan fingerprint density at radius 2 is 1.76 bits per heavy atom. The molecule has 13 nitrogen and oxygen atoms in total. The number of carbonyl (C=O) groups is 5. The van der Waals surface area contributed by atoms with Gasteiger partial charge in [-0.15, -0.1) is 0 Å². The van der Waals surface area contributed by atoms with E-state index in [1.54, 1.807) is 20.8 Å². The fourth-order valence-corrected chi connectivity index (χ4v) is 4.34. The number of methoxy groups -OCH3 is 2. The summed E-state index contributed by atoms with van der Waals surface area (Å²) in [6.07, 6.45) is 0.656. The normalized spacial score (nSPS) is 26.2. The van der Waals surface area contributed by atoms with Gasteiger partial charge in [-0.1, -0.05) is 0 Å². The number of hydrogen-bond acceptors (Lipinski definition) is 11. The lowest BCUT2D eigenvalue weighted by molar-refractivity contribution is -0.158. The molecule has 13 heteroatoms. The first-order valence-corrected chi connectivity index (χ1v) is 12.7. The summed E-state index contributed by atoms with van der Waals surface area (Å²) >= 11 is 0. The van der Waals surface area contributed by atoms with Crippen LogP contribution in [0.3, 0.4) is 0 Å². The van der Waals surface area contributed by atoms with Crippen LogP contribution in [0.5, 0.6) is 0 Å². The standard InChI is InChI=1S/C16H27NO7.C9H14N2O3/c1-15(2,3)24-14(20)17-8-9-23-11-16(10-17,13(19)22-5)7-6-12(18)21-4;12-7-1-2-9(8(13)11-7)5-10-3-4-14-6-9/h6-11H2,1-5H3;10H,1-6H2,(H,11,12,13). The molecule has 0 bridgehead atoms. The molecule has 216 valence electrons. The molecule has 0 saturated carbocycles. The highest BCUT2D eigenvalue weighted by molar-refractivity contribution is 6.00. The molecule has 3 rings (SSSR count). The lowest BCUT2D eigenvalue weighted by atomic mass is 9.80. The summed E-state index contributed by atoms with van der Waals surface area (Å²) in [7, 11) is 2.55. The lowest BCUT2D eigenvalue weighted by Gasteiger charge is -2.33. The second-order valence-corrected chi connectivity index (χ2v) is 10.7. The third kappa shape index (κ3) is 8.91. The van der Waals surface area contributed by atoms with Gasteiger partial charge in [0.1, 0.15) is 11.0 Å². The highest BCUT2D eigenvalue weighted by Crippen LogP contribution is 2.31. The van der Waals surface area contributed by atoms with E-state index in [1.165, 1.54) is 19.1 Å². The Morgan fingerprint density at radius 3 is 2.39 bits per heavy atom. The van der Waals surface area contributed by atoms with Crippen LogP contribution in [-0.4, -0.2) is 107 Å². The monoisotopic (exact) mass is 543 g/mol. The van der Waals surface area contributed by atoms with Gasteiger partial charge in [0.25, 0.3) is 0 Å². The Balaban J connectivity index is 0.000000304. The summed E-state index contributed by atoms with van der Waals surface area (Å²) in [6.45, 7) is 8.42. The highest BCUT2D eigenvalue weighted by atomic mass is 16.6. The van der Waals surface area contributed by atoms with Crippen molar-refractivity contribution in [1.29, 1.82) is 0 Å². The number of piperidine rings is 1. The minimum absolute atomic E-state index is 0.0249. The first-order valence-electron chi connectivity index (χ1n) is 12.7. The third-order valence-corrected chi connectivity index (χ3v) is 6.51. The molecular weight excluding hydrogens is 502 g/mol. The number of nitrogens with one attached hydrogen (secondary N) is 2. The van der Waals surface area contributed by atoms with Crippen molar-refractivity contribution >= 4 is 29.8 Å². The van der Waals surface area contributed by atoms with Crippen LogP contribution in [-0.2, 0) is 42.9 Å². The number of imide groups is 1. The number of nitrogens with zero attached hydrogens (tertiary/aromatic N) is 1. The van der Waals surface area contributed by atoms with Crippen LogP contribution in [0, 0.1) is 10.8 Å². The van der Waals surface area contributed by atoms with Gasteiger partial charge < -0.3 is 33.9 Å². The number of amides is 3. The first-order chi connectivity index (χ1) is 17.9. The second-order valence-electron chi connectivity index (χ2n) is 10.7. The van der Waals surface area contributed by atoms with Crippen LogP contribution in [0.15, 0.2) is 0 Å². The molecular formula is C25H41N3O10. The van der Waals surface area contributed by atoms with Crippen LogP contribution in [0.4, 0.5) is 4.79 Å². The molecule has 0 aliphatic carbocycles. The van der Waals surface area contributed by atoms with Crippen molar-refractivity contribution in [2.45, 2.75) is 52.1 Å². The molecule has 1 spiro atoms. The predicted octanol–water partition coefficient (Wildman–Crippen LogP) is 0.396. The van der Waals surface area contributed by atoms with Crippen molar-refractivity contribution in [1.82, 2.24) is 15.5 Å². The van der Waals surface area contributed by atoms with Gasteiger partial charge in [-0.05, 0) is 33.6 Å². The molecule has 0 aromatic heterocycles. The molecule has 3 fully saturated rings. The molecule has 2 N–H and O–H groups in total. The van der Waals surface area contributed by atoms with Crippen molar-refractivity contribution in [2.24, 2.45) is 10.8 Å². The Labute approximate surface area is 223 Å². The topological polar surface area (TPSA) is 159 Å². The maximum absolute atomic E-state index is 12.4. The van der Waals surface area contributed by atoms with Crippen molar-refractivity contribution < 1.29 is 47.7 Å². The molecule has 2 unspecified atom stereocenters. The minimum atomic E-state index is -1.13. The summed E-state index contributed by atoms with van der Waals surface area (Å²) in [5.41, 5.74) is -2.30. The van der Waals surface area contributed by atoms with Crippen molar-refractivity contribution in [2.75, 3.05) is 66.8 Å². The predicted molar refractivity (Wildman–Crippen MR) is 133 cm³/mol. The second kappa shape index (κ2) is 13.9. The van der Waals surface area contributed by atoms with Gasteiger partial charge in [-0.25, -0.2) is 4.79 Å². The van der Waals surface area contributed by atoms with Gasteiger partial charge >= 0.3 is 18.0 Å². The van der Waals surface area contributed by atoms with E-state index in [-0.39, 0.29) is 44.4 Å². The third-order valence-electron chi connectivity index (χ3n) is 6.51. The van der Waals surface area contributed by atoms with E-state index in [1.807, 2.05) is 0 Å². The van der Waals surface area contributed by atoms with E-state index < -0.39 is 34.5 Å². The molecule has 0 aromatic rings. The Bertz CT molecular complexity index is 864. The lowest BCUT2D eigenvalue weighted by Crippen LogP contribution is -2.54. The van der Waals surface area contributed by atoms with E-state index >= 15 is 0 Å². The Hall–Kier alpha value is -2.77. The fourth-order valence-electron chi connectivity index (χ4n) is 4.34. The smallest absolute Gasteiger partial charge is 0.410 e. The van der Waals surface area contributed by atoms with Gasteiger partial charge in [0.2, 0.25) is 11.8 Å². The maximum Gasteiger partial charge on any atom is 0.410 e. The fraction of sp³-hybridized carbons (Fsp3) is 0.800. The van der Waals surface area contributed by atoms with Crippen LogP contribution >= 0.6 is 0 Å². The summed E-state index contributed by atoms with van der Waals surface area (Å²) in [5, 5.41) is 5.53.